The fourth-order valence-electron chi connectivity index (χ4n) is 5.34. The van der Waals surface area contributed by atoms with E-state index in [9.17, 15) is 24.2 Å². The molecule has 1 saturated carbocycles. The van der Waals surface area contributed by atoms with Crippen molar-refractivity contribution in [2.24, 2.45) is 11.3 Å². The molecule has 2 aliphatic rings. The van der Waals surface area contributed by atoms with Crippen LogP contribution in [0.4, 0.5) is 9.18 Å². The van der Waals surface area contributed by atoms with E-state index in [0.29, 0.717) is 46.3 Å². The van der Waals surface area contributed by atoms with Crippen molar-refractivity contribution in [3.05, 3.63) is 41.6 Å². The lowest BCUT2D eigenvalue weighted by Crippen LogP contribution is -2.54. The van der Waals surface area contributed by atoms with Gasteiger partial charge in [0.15, 0.2) is 0 Å². The summed E-state index contributed by atoms with van der Waals surface area (Å²) in [5, 5.41) is 23.3. The number of amides is 2. The fraction of sp³-hybridized carbons (Fsp3) is 0.481. The topological polar surface area (TPSA) is 141 Å². The largest absolute Gasteiger partial charge is 0.492 e. The summed E-state index contributed by atoms with van der Waals surface area (Å²) in [4.78, 5) is 38.6. The number of aliphatic hydroxyl groups excluding tert-OH is 1. The van der Waals surface area contributed by atoms with Gasteiger partial charge in [-0.05, 0) is 43.2 Å². The van der Waals surface area contributed by atoms with Crippen molar-refractivity contribution in [2.75, 3.05) is 13.2 Å². The number of carboxylic acid groups (broad SMARTS) is 1. The second-order valence-electron chi connectivity index (χ2n) is 11.3. The maximum absolute atomic E-state index is 14.1. The molecule has 0 radical (unpaired) electrons. The van der Waals surface area contributed by atoms with Gasteiger partial charge in [-0.25, -0.2) is 19.2 Å². The predicted octanol–water partition coefficient (Wildman–Crippen LogP) is 3.73. The molecule has 4 N–H and O–H groups in total. The Hall–Kier alpha value is -3.73. The molecule has 3 aromatic rings. The number of nitrogens with zero attached hydrogens (tertiary/aromatic N) is 3. The van der Waals surface area contributed by atoms with Crippen molar-refractivity contribution in [1.29, 1.82) is 0 Å². The predicted molar refractivity (Wildman–Crippen MR) is 137 cm³/mol. The number of fused-ring (bicyclic) bond motifs is 1. The third-order valence-electron chi connectivity index (χ3n) is 7.27. The number of H-pyrrole nitrogens is 1. The Balaban J connectivity index is 1.50. The highest BCUT2D eigenvalue weighted by Crippen LogP contribution is 2.37. The van der Waals surface area contributed by atoms with Gasteiger partial charge >= 0.3 is 6.09 Å². The van der Waals surface area contributed by atoms with Crippen LogP contribution in [-0.2, 0) is 0 Å². The summed E-state index contributed by atoms with van der Waals surface area (Å²) in [5.41, 5.74) is 2.13. The van der Waals surface area contributed by atoms with Crippen molar-refractivity contribution in [2.45, 2.75) is 58.7 Å². The average Bonchev–Trinajstić information content (AvgIpc) is 3.51. The zero-order chi connectivity index (χ0) is 27.4. The Morgan fingerprint density at radius 1 is 1.26 bits per heavy atom. The molecule has 38 heavy (non-hydrogen) atoms. The minimum absolute atomic E-state index is 0.102. The number of nitrogens with one attached hydrogen (secondary N) is 2. The number of likely N-dealkylation sites (tertiary alicyclic amines) is 1. The molecule has 1 saturated heterocycles. The average molecular weight is 526 g/mol. The van der Waals surface area contributed by atoms with E-state index in [4.69, 9.17) is 4.74 Å². The molecule has 10 nitrogen and oxygen atoms in total. The molecule has 1 aliphatic carbocycles. The number of hydrogen-bond acceptors (Lipinski definition) is 6. The first-order chi connectivity index (χ1) is 18.0. The molecule has 0 bridgehead atoms. The number of aromatic amines is 1. The summed E-state index contributed by atoms with van der Waals surface area (Å²) in [7, 11) is 0. The second kappa shape index (κ2) is 9.54. The van der Waals surface area contributed by atoms with Crippen molar-refractivity contribution in [3.8, 4) is 17.0 Å². The third-order valence-corrected chi connectivity index (χ3v) is 7.27. The van der Waals surface area contributed by atoms with Gasteiger partial charge in [0.25, 0.3) is 5.91 Å². The Morgan fingerprint density at radius 3 is 2.66 bits per heavy atom. The number of carbonyl (C=O) groups is 2. The number of rotatable bonds is 6. The number of aromatic nitrogens is 3. The third kappa shape index (κ3) is 4.78. The van der Waals surface area contributed by atoms with Gasteiger partial charge in [-0.2, -0.15) is 0 Å². The van der Waals surface area contributed by atoms with Crippen molar-refractivity contribution >= 4 is 23.0 Å². The second-order valence-corrected chi connectivity index (χ2v) is 11.3. The van der Waals surface area contributed by atoms with Crippen LogP contribution in [0.1, 0.15) is 49.7 Å². The lowest BCUT2D eigenvalue weighted by molar-refractivity contribution is 0.0785. The first-order valence-corrected chi connectivity index (χ1v) is 12.7. The number of benzene rings is 1. The van der Waals surface area contributed by atoms with E-state index in [0.717, 1.165) is 12.8 Å². The molecule has 2 amide bonds. The van der Waals surface area contributed by atoms with Gasteiger partial charge in [-0.1, -0.05) is 20.8 Å². The van der Waals surface area contributed by atoms with E-state index < -0.39 is 41.4 Å². The van der Waals surface area contributed by atoms with Crippen LogP contribution < -0.4 is 10.1 Å². The highest BCUT2D eigenvalue weighted by atomic mass is 19.1. The smallest absolute Gasteiger partial charge is 0.407 e. The first-order valence-electron chi connectivity index (χ1n) is 12.7. The van der Waals surface area contributed by atoms with Gasteiger partial charge in [0.1, 0.15) is 29.1 Å². The van der Waals surface area contributed by atoms with E-state index >= 15 is 0 Å². The molecule has 202 valence electrons. The van der Waals surface area contributed by atoms with Crippen LogP contribution in [0.5, 0.6) is 5.75 Å². The Morgan fingerprint density at radius 2 is 2.00 bits per heavy atom. The van der Waals surface area contributed by atoms with Crippen LogP contribution in [0.3, 0.4) is 0 Å². The van der Waals surface area contributed by atoms with Crippen molar-refractivity contribution in [3.63, 3.8) is 0 Å². The summed E-state index contributed by atoms with van der Waals surface area (Å²) in [6, 6.07) is 2.80. The van der Waals surface area contributed by atoms with E-state index in [1.165, 1.54) is 23.4 Å². The Kier molecular flexibility index (Phi) is 6.50. The number of aryl methyl sites for hydroxylation is 1. The number of carbonyl (C=O) groups excluding carboxylic acids is 1. The molecule has 2 aromatic heterocycles. The van der Waals surface area contributed by atoms with Crippen LogP contribution >= 0.6 is 0 Å². The summed E-state index contributed by atoms with van der Waals surface area (Å²) in [6.45, 7) is 7.72. The molecule has 1 aliphatic heterocycles. The van der Waals surface area contributed by atoms with E-state index in [1.807, 2.05) is 20.8 Å². The van der Waals surface area contributed by atoms with Gasteiger partial charge in [0, 0.05) is 17.3 Å². The Bertz CT molecular complexity index is 1400. The zero-order valence-corrected chi connectivity index (χ0v) is 21.8. The molecule has 2 fully saturated rings. The molecule has 0 spiro atoms. The van der Waals surface area contributed by atoms with Gasteiger partial charge in [0.05, 0.1) is 42.4 Å². The number of aliphatic hydroxyl groups is 1. The SMILES string of the molecule is Cc1[nH]c2c(-c3ccc(F)cc3OCC3CC3)ncnc2c1C(=O)N[C@@H]1C(C(C)(C)C)N(C(=O)O)C[C@H]1O. The quantitative estimate of drug-likeness (QED) is 0.384. The minimum atomic E-state index is -1.15. The summed E-state index contributed by atoms with van der Waals surface area (Å²) >= 11 is 0. The van der Waals surface area contributed by atoms with E-state index in [2.05, 4.69) is 20.3 Å². The first kappa shape index (κ1) is 25.9. The van der Waals surface area contributed by atoms with Crippen LogP contribution in [0.15, 0.2) is 24.5 Å². The Labute approximate surface area is 219 Å². The highest BCUT2D eigenvalue weighted by molar-refractivity contribution is 6.09. The molecule has 1 unspecified atom stereocenters. The van der Waals surface area contributed by atoms with E-state index in [-0.39, 0.29) is 12.1 Å². The highest BCUT2D eigenvalue weighted by Gasteiger charge is 2.49. The van der Waals surface area contributed by atoms with Crippen molar-refractivity contribution < 1.29 is 28.9 Å². The monoisotopic (exact) mass is 525 g/mol. The normalized spacial score (nSPS) is 21.6. The molecule has 3 atom stereocenters. The molecule has 11 heteroatoms. The number of β-amino-alcohol motifs (C(OH)–C–C–N with tert-alkyl or cyclic N) is 1. The summed E-state index contributed by atoms with van der Waals surface area (Å²) in [6.07, 6.45) is 1.30. The van der Waals surface area contributed by atoms with Gasteiger partial charge in [-0.3, -0.25) is 4.79 Å². The van der Waals surface area contributed by atoms with E-state index in [1.54, 1.807) is 13.0 Å². The number of hydrogen-bond donors (Lipinski definition) is 4. The fourth-order valence-corrected chi connectivity index (χ4v) is 5.34. The molecular weight excluding hydrogens is 493 g/mol. The van der Waals surface area contributed by atoms with Gasteiger partial charge in [0.2, 0.25) is 0 Å². The van der Waals surface area contributed by atoms with Gasteiger partial charge < -0.3 is 30.2 Å². The number of halogens is 1. The lowest BCUT2D eigenvalue weighted by atomic mass is 9.82. The minimum Gasteiger partial charge on any atom is -0.492 e. The van der Waals surface area contributed by atoms with Crippen molar-refractivity contribution in [1.82, 2.24) is 25.2 Å². The molecule has 3 heterocycles. The molecule has 1 aromatic carbocycles. The number of ether oxygens (including phenoxy) is 1. The summed E-state index contributed by atoms with van der Waals surface area (Å²) < 4.78 is 20.0. The van der Waals surface area contributed by atoms with Crippen LogP contribution in [0.25, 0.3) is 22.3 Å². The summed E-state index contributed by atoms with van der Waals surface area (Å²) in [5.74, 6) is -0.0785. The van der Waals surface area contributed by atoms with Gasteiger partial charge in [-0.15, -0.1) is 0 Å². The molecular formula is C27H32FN5O5. The van der Waals surface area contributed by atoms with Crippen LogP contribution in [0.2, 0.25) is 0 Å². The maximum Gasteiger partial charge on any atom is 0.407 e. The zero-order valence-electron chi connectivity index (χ0n) is 21.8. The molecule has 5 rings (SSSR count). The lowest BCUT2D eigenvalue weighted by Gasteiger charge is -2.37. The standard InChI is InChI=1S/C27H32FN5O5/c1-13-19(25(35)32-21-17(34)10-33(26(36)37)24(21)27(2,3)4)22-23(31-13)20(29-12-30-22)16-8-7-15(28)9-18(16)38-11-14-5-6-14/h7-9,12,14,17,21,24,31,34H,5-6,10-11H2,1-4H3,(H,32,35)(H,36,37)/t17-,21+,24?/m1/s1. The van der Waals surface area contributed by atoms with Crippen LogP contribution in [-0.4, -0.2) is 73.4 Å². The van der Waals surface area contributed by atoms with Crippen LogP contribution in [0, 0.1) is 24.1 Å². The maximum atomic E-state index is 14.1.